The van der Waals surface area contributed by atoms with E-state index in [9.17, 15) is 4.39 Å². The molecule has 0 aliphatic carbocycles. The third-order valence-electron chi connectivity index (χ3n) is 3.92. The summed E-state index contributed by atoms with van der Waals surface area (Å²) in [4.78, 5) is 17.5. The summed E-state index contributed by atoms with van der Waals surface area (Å²) in [7, 11) is 3.75. The van der Waals surface area contributed by atoms with Gasteiger partial charge in [-0.15, -0.1) is 11.6 Å². The van der Waals surface area contributed by atoms with Crippen molar-refractivity contribution in [1.29, 1.82) is 0 Å². The second kappa shape index (κ2) is 17.0. The molecular formula is C24H32Cl2FN5O2. The van der Waals surface area contributed by atoms with E-state index in [4.69, 9.17) is 32.7 Å². The van der Waals surface area contributed by atoms with Gasteiger partial charge in [0.15, 0.2) is 5.82 Å². The van der Waals surface area contributed by atoms with Crippen molar-refractivity contribution in [2.24, 2.45) is 0 Å². The lowest BCUT2D eigenvalue weighted by Crippen LogP contribution is -2.50. The highest BCUT2D eigenvalue weighted by Crippen LogP contribution is 2.30. The molecule has 2 heterocycles. The van der Waals surface area contributed by atoms with Gasteiger partial charge in [-0.25, -0.2) is 14.4 Å². The van der Waals surface area contributed by atoms with Crippen LogP contribution in [0.15, 0.2) is 42.7 Å². The fourth-order valence-electron chi connectivity index (χ4n) is 2.47. The van der Waals surface area contributed by atoms with Crippen LogP contribution in [0.1, 0.15) is 20.3 Å². The van der Waals surface area contributed by atoms with E-state index in [1.807, 2.05) is 32.3 Å². The minimum atomic E-state index is -0.515. The van der Waals surface area contributed by atoms with Crippen LogP contribution in [0.2, 0.25) is 5.02 Å². The van der Waals surface area contributed by atoms with E-state index in [1.165, 1.54) is 18.8 Å². The summed E-state index contributed by atoms with van der Waals surface area (Å²) in [6, 6.07) is 10.4. The van der Waals surface area contributed by atoms with Crippen molar-refractivity contribution in [1.82, 2.24) is 20.6 Å². The van der Waals surface area contributed by atoms with Gasteiger partial charge in [0.25, 0.3) is 0 Å². The number of halogens is 3. The van der Waals surface area contributed by atoms with Crippen LogP contribution < -0.4 is 20.7 Å². The number of nitrogens with one attached hydrogen (secondary N) is 3. The topological polar surface area (TPSA) is 88.2 Å². The summed E-state index contributed by atoms with van der Waals surface area (Å²) >= 11 is 10.6. The number of anilines is 2. The van der Waals surface area contributed by atoms with Crippen molar-refractivity contribution in [3.63, 3.8) is 0 Å². The summed E-state index contributed by atoms with van der Waals surface area (Å²) < 4.78 is 20.0. The number of alkyl halides is 1. The second-order valence-corrected chi connectivity index (χ2v) is 7.77. The predicted octanol–water partition coefficient (Wildman–Crippen LogP) is 5.19. The highest BCUT2D eigenvalue weighted by molar-refractivity contribution is 6.31. The molecule has 3 aromatic rings. The highest BCUT2D eigenvalue weighted by Gasteiger charge is 2.18. The van der Waals surface area contributed by atoms with E-state index in [2.05, 4.69) is 39.8 Å². The first kappa shape index (κ1) is 29.5. The molecule has 1 aliphatic rings. The number of carbonyl (C=O) groups is 1. The lowest BCUT2D eigenvalue weighted by Gasteiger charge is -2.27. The fraction of sp³-hybridized carbons (Fsp3) is 0.375. The Balaban J connectivity index is 0.000000498. The van der Waals surface area contributed by atoms with Crippen molar-refractivity contribution in [2.75, 3.05) is 38.4 Å². The Kier molecular flexibility index (Phi) is 14.8. The zero-order valence-corrected chi connectivity index (χ0v) is 21.4. The third-order valence-corrected chi connectivity index (χ3v) is 4.34. The normalized spacial score (nSPS) is 12.0. The molecule has 0 spiro atoms. The van der Waals surface area contributed by atoms with E-state index in [0.29, 0.717) is 12.1 Å². The summed E-state index contributed by atoms with van der Waals surface area (Å²) in [5, 5.41) is 9.70. The number of fused-ring (bicyclic) bond motifs is 1. The van der Waals surface area contributed by atoms with Crippen LogP contribution in [0.5, 0.6) is 5.75 Å². The minimum absolute atomic E-state index is 0.0554. The monoisotopic (exact) mass is 511 g/mol. The first-order valence-corrected chi connectivity index (χ1v) is 11.8. The maximum atomic E-state index is 14.1. The number of hydrogen-bond donors (Lipinski definition) is 3. The number of aldehydes is 1. The Labute approximate surface area is 210 Å². The van der Waals surface area contributed by atoms with Crippen LogP contribution in [0.4, 0.5) is 15.9 Å². The van der Waals surface area contributed by atoms with Crippen LogP contribution in [-0.2, 0) is 4.79 Å². The smallest absolute Gasteiger partial charge is 0.165 e. The number of nitrogens with zero attached hydrogens (tertiary/aromatic N) is 2. The van der Waals surface area contributed by atoms with Gasteiger partial charge in [0.1, 0.15) is 30.3 Å². The second-order valence-electron chi connectivity index (χ2n) is 7.05. The molecule has 4 rings (SSSR count). The highest BCUT2D eigenvalue weighted by atomic mass is 35.5. The zero-order chi connectivity index (χ0) is 25.3. The molecule has 1 aliphatic heterocycles. The lowest BCUT2D eigenvalue weighted by molar-refractivity contribution is -0.105. The summed E-state index contributed by atoms with van der Waals surface area (Å²) in [5.41, 5.74) is 1.01. The molecule has 0 atom stereocenters. The quantitative estimate of drug-likeness (QED) is 0.320. The number of hydrogen-bond acceptors (Lipinski definition) is 7. The van der Waals surface area contributed by atoms with E-state index < -0.39 is 5.82 Å². The largest absolute Gasteiger partial charge is 0.488 e. The molecule has 0 saturated carbocycles. The van der Waals surface area contributed by atoms with Crippen molar-refractivity contribution in [3.05, 3.63) is 53.6 Å². The molecule has 34 heavy (non-hydrogen) atoms. The Morgan fingerprint density at radius 2 is 1.85 bits per heavy atom. The molecule has 3 N–H and O–H groups in total. The molecule has 10 heteroatoms. The first-order chi connectivity index (χ1) is 16.4. The minimum Gasteiger partial charge on any atom is -0.488 e. The lowest BCUT2D eigenvalue weighted by atomic mass is 10.2. The number of aromatic nitrogens is 2. The molecule has 186 valence electrons. The third kappa shape index (κ3) is 9.77. The number of benzene rings is 2. The Hall–Kier alpha value is -2.52. The van der Waals surface area contributed by atoms with Gasteiger partial charge in [0, 0.05) is 18.5 Å². The Morgan fingerprint density at radius 1 is 1.21 bits per heavy atom. The molecule has 1 aromatic heterocycles. The fourth-order valence-corrected chi connectivity index (χ4v) is 2.65. The van der Waals surface area contributed by atoms with E-state index in [1.54, 1.807) is 12.1 Å². The number of ether oxygens (including phenoxy) is 1. The van der Waals surface area contributed by atoms with Crippen LogP contribution in [0, 0.1) is 5.82 Å². The molecule has 2 aromatic carbocycles. The van der Waals surface area contributed by atoms with Crippen LogP contribution in [-0.4, -0.2) is 55.4 Å². The molecular weight excluding hydrogens is 480 g/mol. The van der Waals surface area contributed by atoms with Crippen LogP contribution in [0.3, 0.4) is 0 Å². The van der Waals surface area contributed by atoms with Crippen LogP contribution >= 0.6 is 23.2 Å². The predicted molar refractivity (Wildman–Crippen MR) is 139 cm³/mol. The Morgan fingerprint density at radius 3 is 2.41 bits per heavy atom. The summed E-state index contributed by atoms with van der Waals surface area (Å²) in [6.45, 7) is 5.92. The maximum Gasteiger partial charge on any atom is 0.165 e. The van der Waals surface area contributed by atoms with Crippen molar-refractivity contribution in [3.8, 4) is 5.75 Å². The summed E-state index contributed by atoms with van der Waals surface area (Å²) in [5.74, 6) is 0.829. The van der Waals surface area contributed by atoms with Crippen LogP contribution in [0.25, 0.3) is 10.9 Å². The van der Waals surface area contributed by atoms with Gasteiger partial charge >= 0.3 is 0 Å². The van der Waals surface area contributed by atoms with Gasteiger partial charge in [-0.3, -0.25) is 0 Å². The zero-order valence-electron chi connectivity index (χ0n) is 19.9. The Bertz CT molecular complexity index is 1000. The standard InChI is InChI=1S/C17H14ClFN4O.C3H8.C2H3ClO.C2H7N/c18-13-2-1-3-15(16(13)19)23-17-12-6-10(24-11-7-20-8-11)4-5-14(12)21-9-22-17;1-3-2;3-1-2-4;1-3-2/h1-6,9,11,20H,7-8H2,(H,21,22,23);3H2,1-2H3;2H,1H2;3H,1-2H3. The van der Waals surface area contributed by atoms with Crippen molar-refractivity contribution < 1.29 is 13.9 Å². The van der Waals surface area contributed by atoms with Crippen molar-refractivity contribution >= 4 is 51.9 Å². The molecule has 0 unspecified atom stereocenters. The van der Waals surface area contributed by atoms with Gasteiger partial charge < -0.3 is 25.5 Å². The van der Waals surface area contributed by atoms with Gasteiger partial charge in [-0.1, -0.05) is 37.9 Å². The molecule has 1 saturated heterocycles. The number of carbonyl (C=O) groups excluding carboxylic acids is 1. The molecule has 0 amide bonds. The van der Waals surface area contributed by atoms with E-state index in [0.717, 1.165) is 29.7 Å². The van der Waals surface area contributed by atoms with Crippen molar-refractivity contribution in [2.45, 2.75) is 26.4 Å². The molecule has 1 fully saturated rings. The average Bonchev–Trinajstić information content (AvgIpc) is 2.81. The number of rotatable bonds is 5. The van der Waals surface area contributed by atoms with E-state index in [-0.39, 0.29) is 22.7 Å². The van der Waals surface area contributed by atoms with Gasteiger partial charge in [-0.05, 0) is 44.4 Å². The molecule has 0 radical (unpaired) electrons. The van der Waals surface area contributed by atoms with Gasteiger partial charge in [-0.2, -0.15) is 0 Å². The van der Waals surface area contributed by atoms with E-state index >= 15 is 0 Å². The SMILES string of the molecule is CCC.CNC.Fc1c(Cl)cccc1Nc1ncnc2ccc(OC3CNC3)cc12.O=CCCl. The average molecular weight is 512 g/mol. The first-order valence-electron chi connectivity index (χ1n) is 10.9. The summed E-state index contributed by atoms with van der Waals surface area (Å²) in [6.07, 6.45) is 3.50. The molecule has 0 bridgehead atoms. The maximum absolute atomic E-state index is 14.1. The van der Waals surface area contributed by atoms with Gasteiger partial charge in [0.05, 0.1) is 22.1 Å². The van der Waals surface area contributed by atoms with Gasteiger partial charge in [0.2, 0.25) is 0 Å². The molecule has 7 nitrogen and oxygen atoms in total.